The van der Waals surface area contributed by atoms with E-state index in [4.69, 9.17) is 10.8 Å². The van der Waals surface area contributed by atoms with E-state index in [1.165, 1.54) is 0 Å². The number of carboxylic acids is 1. The molecule has 1 aliphatic heterocycles. The van der Waals surface area contributed by atoms with E-state index in [-0.39, 0.29) is 18.0 Å². The average molecular weight is 243 g/mol. The normalized spacial score (nSPS) is 21.6. The first kappa shape index (κ1) is 13.8. The SMILES string of the molecule is CC(C)CC(NC(=O)N1CCC(N)C1)C(=O)O. The van der Waals surface area contributed by atoms with E-state index in [9.17, 15) is 9.59 Å². The summed E-state index contributed by atoms with van der Waals surface area (Å²) in [6, 6.07) is -1.14. The molecule has 1 rings (SSSR count). The van der Waals surface area contributed by atoms with Gasteiger partial charge in [0, 0.05) is 19.1 Å². The summed E-state index contributed by atoms with van der Waals surface area (Å²) in [6.07, 6.45) is 1.20. The van der Waals surface area contributed by atoms with Gasteiger partial charge < -0.3 is 21.1 Å². The minimum Gasteiger partial charge on any atom is -0.480 e. The van der Waals surface area contributed by atoms with Gasteiger partial charge in [-0.1, -0.05) is 13.8 Å². The van der Waals surface area contributed by atoms with Crippen molar-refractivity contribution in [3.8, 4) is 0 Å². The third kappa shape index (κ3) is 4.22. The van der Waals surface area contributed by atoms with Gasteiger partial charge in [-0.2, -0.15) is 0 Å². The average Bonchev–Trinajstić information content (AvgIpc) is 2.63. The van der Waals surface area contributed by atoms with Crippen LogP contribution < -0.4 is 11.1 Å². The molecular formula is C11H21N3O3. The summed E-state index contributed by atoms with van der Waals surface area (Å²) in [5.41, 5.74) is 5.70. The molecule has 0 aromatic heterocycles. The van der Waals surface area contributed by atoms with Gasteiger partial charge in [0.2, 0.25) is 0 Å². The minimum absolute atomic E-state index is 0.00845. The van der Waals surface area contributed by atoms with Gasteiger partial charge in [0.05, 0.1) is 0 Å². The molecule has 4 N–H and O–H groups in total. The Morgan fingerprint density at radius 1 is 1.53 bits per heavy atom. The van der Waals surface area contributed by atoms with Crippen LogP contribution in [0, 0.1) is 5.92 Å². The molecule has 2 unspecified atom stereocenters. The summed E-state index contributed by atoms with van der Waals surface area (Å²) in [7, 11) is 0. The second-order valence-electron chi connectivity index (χ2n) is 4.96. The molecular weight excluding hydrogens is 222 g/mol. The van der Waals surface area contributed by atoms with E-state index in [0.29, 0.717) is 19.5 Å². The van der Waals surface area contributed by atoms with Crippen LogP contribution in [-0.2, 0) is 4.79 Å². The molecule has 1 saturated heterocycles. The number of likely N-dealkylation sites (tertiary alicyclic amines) is 1. The zero-order valence-electron chi connectivity index (χ0n) is 10.3. The van der Waals surface area contributed by atoms with Gasteiger partial charge >= 0.3 is 12.0 Å². The van der Waals surface area contributed by atoms with E-state index >= 15 is 0 Å². The van der Waals surface area contributed by atoms with E-state index in [1.54, 1.807) is 4.90 Å². The summed E-state index contributed by atoms with van der Waals surface area (Å²) >= 11 is 0. The number of aliphatic carboxylic acids is 1. The summed E-state index contributed by atoms with van der Waals surface area (Å²) < 4.78 is 0. The lowest BCUT2D eigenvalue weighted by atomic mass is 10.0. The second kappa shape index (κ2) is 5.86. The van der Waals surface area contributed by atoms with Gasteiger partial charge in [-0.15, -0.1) is 0 Å². The lowest BCUT2D eigenvalue weighted by Gasteiger charge is -2.21. The van der Waals surface area contributed by atoms with E-state index in [1.807, 2.05) is 13.8 Å². The molecule has 1 fully saturated rings. The lowest BCUT2D eigenvalue weighted by Crippen LogP contribution is -2.48. The molecule has 2 amide bonds. The highest BCUT2D eigenvalue weighted by molar-refractivity contribution is 5.82. The minimum atomic E-state index is -0.990. The van der Waals surface area contributed by atoms with Crippen LogP contribution in [0.2, 0.25) is 0 Å². The van der Waals surface area contributed by atoms with Gasteiger partial charge in [-0.05, 0) is 18.8 Å². The number of carboxylic acid groups (broad SMARTS) is 1. The standard InChI is InChI=1S/C11H21N3O3/c1-7(2)5-9(10(15)16)13-11(17)14-4-3-8(12)6-14/h7-9H,3-6,12H2,1-2H3,(H,13,17)(H,15,16). The summed E-state index contributed by atoms with van der Waals surface area (Å²) in [4.78, 5) is 24.3. The summed E-state index contributed by atoms with van der Waals surface area (Å²) in [5, 5.41) is 11.6. The Labute approximate surface area is 101 Å². The summed E-state index contributed by atoms with van der Waals surface area (Å²) in [6.45, 7) is 4.95. The smallest absolute Gasteiger partial charge is 0.326 e. The van der Waals surface area contributed by atoms with Gasteiger partial charge in [-0.3, -0.25) is 0 Å². The Balaban J connectivity index is 2.49. The van der Waals surface area contributed by atoms with Crippen molar-refractivity contribution in [2.75, 3.05) is 13.1 Å². The first-order valence-electron chi connectivity index (χ1n) is 5.94. The van der Waals surface area contributed by atoms with Crippen LogP contribution in [0.3, 0.4) is 0 Å². The van der Waals surface area contributed by atoms with Crippen molar-refractivity contribution in [2.24, 2.45) is 11.7 Å². The van der Waals surface area contributed by atoms with Crippen molar-refractivity contribution in [1.82, 2.24) is 10.2 Å². The van der Waals surface area contributed by atoms with Gasteiger partial charge in [0.1, 0.15) is 6.04 Å². The number of carbonyl (C=O) groups is 2. The largest absolute Gasteiger partial charge is 0.480 e. The Hall–Kier alpha value is -1.30. The highest BCUT2D eigenvalue weighted by atomic mass is 16.4. The van der Waals surface area contributed by atoms with Crippen molar-refractivity contribution in [3.05, 3.63) is 0 Å². The van der Waals surface area contributed by atoms with Crippen LogP contribution >= 0.6 is 0 Å². The molecule has 0 spiro atoms. The fourth-order valence-corrected chi connectivity index (χ4v) is 1.90. The topological polar surface area (TPSA) is 95.7 Å². The highest BCUT2D eigenvalue weighted by Gasteiger charge is 2.27. The monoisotopic (exact) mass is 243 g/mol. The van der Waals surface area contributed by atoms with Gasteiger partial charge in [0.25, 0.3) is 0 Å². The molecule has 1 heterocycles. The van der Waals surface area contributed by atoms with Crippen molar-refractivity contribution < 1.29 is 14.7 Å². The number of hydrogen-bond donors (Lipinski definition) is 3. The first-order chi connectivity index (χ1) is 7.90. The number of nitrogens with zero attached hydrogens (tertiary/aromatic N) is 1. The van der Waals surface area contributed by atoms with Crippen molar-refractivity contribution >= 4 is 12.0 Å². The third-order valence-corrected chi connectivity index (χ3v) is 2.81. The molecule has 17 heavy (non-hydrogen) atoms. The van der Waals surface area contributed by atoms with Gasteiger partial charge in [0.15, 0.2) is 0 Å². The first-order valence-corrected chi connectivity index (χ1v) is 5.94. The molecule has 98 valence electrons. The molecule has 0 bridgehead atoms. The molecule has 2 atom stereocenters. The molecule has 0 radical (unpaired) electrons. The fraction of sp³-hybridized carbons (Fsp3) is 0.818. The van der Waals surface area contributed by atoms with E-state index in [0.717, 1.165) is 6.42 Å². The molecule has 0 saturated carbocycles. The molecule has 0 aromatic carbocycles. The predicted molar refractivity (Wildman–Crippen MR) is 63.6 cm³/mol. The Morgan fingerprint density at radius 2 is 2.18 bits per heavy atom. The number of nitrogens with two attached hydrogens (primary N) is 1. The zero-order chi connectivity index (χ0) is 13.0. The second-order valence-corrected chi connectivity index (χ2v) is 4.96. The fourth-order valence-electron chi connectivity index (χ4n) is 1.90. The zero-order valence-corrected chi connectivity index (χ0v) is 10.3. The van der Waals surface area contributed by atoms with Crippen molar-refractivity contribution in [3.63, 3.8) is 0 Å². The number of carbonyl (C=O) groups excluding carboxylic acids is 1. The number of rotatable bonds is 4. The molecule has 6 heteroatoms. The van der Waals surface area contributed by atoms with E-state index < -0.39 is 12.0 Å². The van der Waals surface area contributed by atoms with E-state index in [2.05, 4.69) is 5.32 Å². The lowest BCUT2D eigenvalue weighted by molar-refractivity contribution is -0.139. The molecule has 0 aromatic rings. The maximum atomic E-state index is 11.8. The Kier molecular flexibility index (Phi) is 4.74. The van der Waals surface area contributed by atoms with Gasteiger partial charge in [-0.25, -0.2) is 9.59 Å². The van der Waals surface area contributed by atoms with Crippen LogP contribution in [0.5, 0.6) is 0 Å². The number of hydrogen-bond acceptors (Lipinski definition) is 3. The molecule has 0 aliphatic carbocycles. The molecule has 1 aliphatic rings. The van der Waals surface area contributed by atoms with Crippen molar-refractivity contribution in [2.45, 2.75) is 38.8 Å². The van der Waals surface area contributed by atoms with Crippen molar-refractivity contribution in [1.29, 1.82) is 0 Å². The van der Waals surface area contributed by atoms with Crippen LogP contribution in [0.1, 0.15) is 26.7 Å². The van der Waals surface area contributed by atoms with Crippen LogP contribution in [0.25, 0.3) is 0 Å². The maximum Gasteiger partial charge on any atom is 0.326 e. The third-order valence-electron chi connectivity index (χ3n) is 2.81. The van der Waals surface area contributed by atoms with Crippen LogP contribution in [0.4, 0.5) is 4.79 Å². The predicted octanol–water partition coefficient (Wildman–Crippen LogP) is 0.228. The maximum absolute atomic E-state index is 11.8. The number of amides is 2. The Morgan fingerprint density at radius 3 is 2.59 bits per heavy atom. The molecule has 6 nitrogen and oxygen atoms in total. The number of nitrogens with one attached hydrogen (secondary N) is 1. The number of urea groups is 1. The highest BCUT2D eigenvalue weighted by Crippen LogP contribution is 2.09. The van der Waals surface area contributed by atoms with Crippen LogP contribution in [0.15, 0.2) is 0 Å². The quantitative estimate of drug-likeness (QED) is 0.658. The summed E-state index contributed by atoms with van der Waals surface area (Å²) in [5.74, 6) is -0.771. The van der Waals surface area contributed by atoms with Crippen LogP contribution in [-0.4, -0.2) is 47.2 Å². The Bertz CT molecular complexity index is 294.